The van der Waals surface area contributed by atoms with Crippen molar-refractivity contribution >= 4 is 72.5 Å². The number of non-ortho nitro benzene ring substituents is 1. The first-order chi connectivity index (χ1) is 15.7. The van der Waals surface area contributed by atoms with Crippen molar-refractivity contribution in [2.75, 3.05) is 13.2 Å². The van der Waals surface area contributed by atoms with E-state index in [4.69, 9.17) is 9.47 Å². The molecule has 1 fully saturated rings. The number of nitrogens with zero attached hydrogens (tertiary/aromatic N) is 2. The van der Waals surface area contributed by atoms with Crippen LogP contribution < -0.4 is 4.74 Å². The van der Waals surface area contributed by atoms with Gasteiger partial charge in [0, 0.05) is 12.1 Å². The lowest BCUT2D eigenvalue weighted by atomic mass is 10.2. The van der Waals surface area contributed by atoms with Gasteiger partial charge in [-0.1, -0.05) is 12.1 Å². The number of imide groups is 1. The molecule has 0 bridgehead atoms. The fourth-order valence-electron chi connectivity index (χ4n) is 2.84. The van der Waals surface area contributed by atoms with Gasteiger partial charge in [0.2, 0.25) is 0 Å². The van der Waals surface area contributed by atoms with Crippen LogP contribution in [0, 0.1) is 10.1 Å². The molecule has 0 aromatic heterocycles. The number of rotatable bonds is 8. The Morgan fingerprint density at radius 2 is 1.91 bits per heavy atom. The lowest BCUT2D eigenvalue weighted by Gasteiger charge is -2.12. The number of carbonyl (C=O) groups excluding carboxylic acids is 3. The number of esters is 1. The average molecular weight is 600 g/mol. The summed E-state index contributed by atoms with van der Waals surface area (Å²) in [5, 5.41) is 10.4. The van der Waals surface area contributed by atoms with Crippen LogP contribution >= 0.6 is 43.6 Å². The zero-order valence-electron chi connectivity index (χ0n) is 17.1. The topological polar surface area (TPSA) is 116 Å². The molecule has 1 aliphatic heterocycles. The van der Waals surface area contributed by atoms with Gasteiger partial charge in [-0.3, -0.25) is 29.4 Å². The molecule has 2 amide bonds. The zero-order valence-corrected chi connectivity index (χ0v) is 21.1. The van der Waals surface area contributed by atoms with Crippen LogP contribution in [0.25, 0.3) is 6.08 Å². The molecule has 33 heavy (non-hydrogen) atoms. The number of hydrogen-bond donors (Lipinski definition) is 0. The summed E-state index contributed by atoms with van der Waals surface area (Å²) in [7, 11) is 0. The Balaban J connectivity index is 1.75. The van der Waals surface area contributed by atoms with Gasteiger partial charge in [-0.15, -0.1) is 0 Å². The maximum absolute atomic E-state index is 12.5. The summed E-state index contributed by atoms with van der Waals surface area (Å²) in [6.07, 6.45) is 1.54. The third-order valence-corrected chi connectivity index (χ3v) is 6.37. The van der Waals surface area contributed by atoms with Crippen LogP contribution in [0.1, 0.15) is 18.1 Å². The van der Waals surface area contributed by atoms with Gasteiger partial charge in [0.15, 0.2) is 0 Å². The first kappa shape index (κ1) is 24.9. The highest BCUT2D eigenvalue weighted by Crippen LogP contribution is 2.38. The smallest absolute Gasteiger partial charge is 0.326 e. The van der Waals surface area contributed by atoms with Crippen molar-refractivity contribution in [2.24, 2.45) is 0 Å². The molecule has 1 heterocycles. The summed E-state index contributed by atoms with van der Waals surface area (Å²) in [6, 6.07) is 9.54. The molecule has 172 valence electrons. The van der Waals surface area contributed by atoms with E-state index in [1.807, 2.05) is 0 Å². The van der Waals surface area contributed by atoms with E-state index in [1.54, 1.807) is 31.2 Å². The van der Waals surface area contributed by atoms with Crippen molar-refractivity contribution in [3.63, 3.8) is 0 Å². The number of hydrogen-bond acceptors (Lipinski definition) is 8. The maximum Gasteiger partial charge on any atom is 0.326 e. The zero-order chi connectivity index (χ0) is 24.1. The first-order valence-corrected chi connectivity index (χ1v) is 11.9. The molecule has 0 unspecified atom stereocenters. The number of amides is 2. The number of benzene rings is 2. The number of halogens is 2. The number of nitro benzene ring substituents is 1. The van der Waals surface area contributed by atoms with Crippen molar-refractivity contribution in [2.45, 2.75) is 13.5 Å². The average Bonchev–Trinajstić information content (AvgIpc) is 3.01. The Bertz CT molecular complexity index is 1150. The molecule has 1 saturated heterocycles. The van der Waals surface area contributed by atoms with Gasteiger partial charge in [-0.05, 0) is 79.9 Å². The highest BCUT2D eigenvalue weighted by molar-refractivity contribution is 9.11. The van der Waals surface area contributed by atoms with Gasteiger partial charge in [-0.2, -0.15) is 0 Å². The Morgan fingerprint density at radius 3 is 2.55 bits per heavy atom. The molecule has 0 saturated carbocycles. The Morgan fingerprint density at radius 1 is 1.21 bits per heavy atom. The largest absolute Gasteiger partial charge is 0.487 e. The van der Waals surface area contributed by atoms with Gasteiger partial charge >= 0.3 is 5.97 Å². The number of carbonyl (C=O) groups is 3. The lowest BCUT2D eigenvalue weighted by molar-refractivity contribution is -0.384. The van der Waals surface area contributed by atoms with E-state index >= 15 is 0 Å². The molecule has 2 aromatic rings. The van der Waals surface area contributed by atoms with E-state index in [9.17, 15) is 24.5 Å². The fraction of sp³-hybridized carbons (Fsp3) is 0.190. The SMILES string of the molecule is CCOC(=O)CN1C(=O)S/C(=C/c2cc(Br)c(OCc3cccc([N+](=O)[O-])c3)c(Br)c2)C1=O. The molecule has 0 aliphatic carbocycles. The van der Waals surface area contributed by atoms with Crippen LogP contribution in [0.15, 0.2) is 50.2 Å². The third-order valence-electron chi connectivity index (χ3n) is 4.29. The van der Waals surface area contributed by atoms with Crippen LogP contribution in [0.3, 0.4) is 0 Å². The highest BCUT2D eigenvalue weighted by atomic mass is 79.9. The first-order valence-electron chi connectivity index (χ1n) is 9.45. The van der Waals surface area contributed by atoms with Gasteiger partial charge < -0.3 is 9.47 Å². The molecule has 0 N–H and O–H groups in total. The predicted octanol–water partition coefficient (Wildman–Crippen LogP) is 5.30. The maximum atomic E-state index is 12.5. The van der Waals surface area contributed by atoms with Crippen molar-refractivity contribution < 1.29 is 28.8 Å². The number of thioether (sulfide) groups is 1. The molecular weight excluding hydrogens is 584 g/mol. The van der Waals surface area contributed by atoms with E-state index in [0.29, 0.717) is 25.8 Å². The monoisotopic (exact) mass is 598 g/mol. The molecular formula is C21H16Br2N2O7S. The van der Waals surface area contributed by atoms with Crippen molar-refractivity contribution in [3.05, 3.63) is 71.5 Å². The summed E-state index contributed by atoms with van der Waals surface area (Å²) in [4.78, 5) is 47.8. The molecule has 1 aliphatic rings. The molecule has 0 radical (unpaired) electrons. The second kappa shape index (κ2) is 10.9. The van der Waals surface area contributed by atoms with E-state index in [1.165, 1.54) is 18.2 Å². The summed E-state index contributed by atoms with van der Waals surface area (Å²) >= 11 is 7.59. The van der Waals surface area contributed by atoms with Crippen LogP contribution in [-0.2, 0) is 20.9 Å². The highest BCUT2D eigenvalue weighted by Gasteiger charge is 2.36. The predicted molar refractivity (Wildman–Crippen MR) is 129 cm³/mol. The standard InChI is InChI=1S/C21H16Br2N2O7S/c1-2-31-18(26)10-24-20(27)17(33-21(24)28)9-13-7-15(22)19(16(23)8-13)32-11-12-4-3-5-14(6-12)25(29)30/h3-9H,2,10-11H2,1H3/b17-9+. The van der Waals surface area contributed by atoms with Crippen LogP contribution in [-0.4, -0.2) is 40.1 Å². The Hall–Kier alpha value is -2.70. The number of nitro groups is 1. The third kappa shape index (κ3) is 6.21. The molecule has 12 heteroatoms. The molecule has 9 nitrogen and oxygen atoms in total. The van der Waals surface area contributed by atoms with Crippen LogP contribution in [0.5, 0.6) is 5.75 Å². The van der Waals surface area contributed by atoms with Gasteiger partial charge in [0.25, 0.3) is 16.8 Å². The Kier molecular flexibility index (Phi) is 8.27. The summed E-state index contributed by atoms with van der Waals surface area (Å²) in [5.74, 6) is -0.762. The van der Waals surface area contributed by atoms with E-state index < -0.39 is 28.6 Å². The molecule has 3 rings (SSSR count). The van der Waals surface area contributed by atoms with Gasteiger partial charge in [0.1, 0.15) is 18.9 Å². The minimum absolute atomic E-state index is 0.0264. The molecule has 2 aromatic carbocycles. The minimum Gasteiger partial charge on any atom is -0.487 e. The van der Waals surface area contributed by atoms with Crippen LogP contribution in [0.2, 0.25) is 0 Å². The molecule has 0 spiro atoms. The molecule has 0 atom stereocenters. The van der Waals surface area contributed by atoms with E-state index in [2.05, 4.69) is 31.9 Å². The van der Waals surface area contributed by atoms with Crippen molar-refractivity contribution in [3.8, 4) is 5.75 Å². The van der Waals surface area contributed by atoms with E-state index in [-0.39, 0.29) is 23.8 Å². The van der Waals surface area contributed by atoms with Gasteiger partial charge in [-0.25, -0.2) is 0 Å². The minimum atomic E-state index is -0.656. The Labute approximate surface area is 209 Å². The summed E-state index contributed by atoms with van der Waals surface area (Å²) < 4.78 is 11.7. The second-order valence-electron chi connectivity index (χ2n) is 6.60. The fourth-order valence-corrected chi connectivity index (χ4v) is 5.13. The van der Waals surface area contributed by atoms with Crippen molar-refractivity contribution in [1.29, 1.82) is 0 Å². The van der Waals surface area contributed by atoms with Crippen LogP contribution in [0.4, 0.5) is 10.5 Å². The quantitative estimate of drug-likeness (QED) is 0.174. The summed E-state index contributed by atoms with van der Waals surface area (Å²) in [5.41, 5.74) is 1.21. The summed E-state index contributed by atoms with van der Waals surface area (Å²) in [6.45, 7) is 1.46. The lowest BCUT2D eigenvalue weighted by Crippen LogP contribution is -2.34. The normalized spacial score (nSPS) is 14.6. The van der Waals surface area contributed by atoms with E-state index in [0.717, 1.165) is 16.7 Å². The second-order valence-corrected chi connectivity index (χ2v) is 9.30. The number of ether oxygens (including phenoxy) is 2. The van der Waals surface area contributed by atoms with Crippen molar-refractivity contribution in [1.82, 2.24) is 4.90 Å². The van der Waals surface area contributed by atoms with Gasteiger partial charge in [0.05, 0.1) is 25.4 Å².